The molecule has 1 N–H and O–H groups in total. The molecule has 5 nitrogen and oxygen atoms in total. The summed E-state index contributed by atoms with van der Waals surface area (Å²) in [5.41, 5.74) is 4.92. The van der Waals surface area contributed by atoms with Crippen LogP contribution < -0.4 is 10.2 Å². The van der Waals surface area contributed by atoms with E-state index in [2.05, 4.69) is 10.5 Å². The molecular formula is C19H22N2O3. The van der Waals surface area contributed by atoms with E-state index in [0.29, 0.717) is 6.61 Å². The summed E-state index contributed by atoms with van der Waals surface area (Å²) in [6.45, 7) is 2.10. The van der Waals surface area contributed by atoms with Gasteiger partial charge in [0.05, 0.1) is 31.7 Å². The van der Waals surface area contributed by atoms with Gasteiger partial charge in [0.15, 0.2) is 6.29 Å². The molecule has 1 aliphatic rings. The zero-order chi connectivity index (χ0) is 16.5. The van der Waals surface area contributed by atoms with E-state index in [0.717, 1.165) is 43.1 Å². The van der Waals surface area contributed by atoms with E-state index < -0.39 is 0 Å². The monoisotopic (exact) mass is 326 g/mol. The summed E-state index contributed by atoms with van der Waals surface area (Å²) in [7, 11) is 0. The minimum atomic E-state index is -0.140. The van der Waals surface area contributed by atoms with Gasteiger partial charge in [-0.3, -0.25) is 5.43 Å². The lowest BCUT2D eigenvalue weighted by Gasteiger charge is -2.23. The van der Waals surface area contributed by atoms with Crippen molar-refractivity contribution >= 4 is 11.9 Å². The van der Waals surface area contributed by atoms with Crippen molar-refractivity contribution in [3.8, 4) is 5.75 Å². The largest absolute Gasteiger partial charge is 0.493 e. The standard InChI is InChI=1S/C19H22N2O3/c1-2-7-17(8-3-1)21-20-15-16-6-4-9-18(14-16)22-13-10-19-23-11-5-12-24-19/h1-4,6-9,14-15,19,21H,5,10-13H2. The van der Waals surface area contributed by atoms with Crippen molar-refractivity contribution in [3.05, 3.63) is 60.2 Å². The Balaban J connectivity index is 1.46. The van der Waals surface area contributed by atoms with Crippen LogP contribution in [0.1, 0.15) is 18.4 Å². The Hall–Kier alpha value is -2.37. The van der Waals surface area contributed by atoms with Gasteiger partial charge in [-0.05, 0) is 36.2 Å². The number of rotatable bonds is 7. The van der Waals surface area contributed by atoms with Gasteiger partial charge in [0.1, 0.15) is 5.75 Å². The number of hydrogen-bond donors (Lipinski definition) is 1. The number of benzene rings is 2. The summed E-state index contributed by atoms with van der Waals surface area (Å²) in [6.07, 6.45) is 3.33. The topological polar surface area (TPSA) is 52.1 Å². The van der Waals surface area contributed by atoms with Crippen molar-refractivity contribution < 1.29 is 14.2 Å². The molecule has 2 aromatic rings. The van der Waals surface area contributed by atoms with Gasteiger partial charge in [-0.1, -0.05) is 30.3 Å². The minimum Gasteiger partial charge on any atom is -0.493 e. The van der Waals surface area contributed by atoms with Crippen molar-refractivity contribution in [2.24, 2.45) is 5.10 Å². The molecule has 24 heavy (non-hydrogen) atoms. The van der Waals surface area contributed by atoms with E-state index in [9.17, 15) is 0 Å². The Morgan fingerprint density at radius 2 is 1.92 bits per heavy atom. The van der Waals surface area contributed by atoms with Crippen LogP contribution >= 0.6 is 0 Å². The lowest BCUT2D eigenvalue weighted by molar-refractivity contribution is -0.183. The summed E-state index contributed by atoms with van der Waals surface area (Å²) in [5.74, 6) is 0.814. The molecule has 0 aromatic heterocycles. The molecule has 0 radical (unpaired) electrons. The lowest BCUT2D eigenvalue weighted by Crippen LogP contribution is -2.26. The number of hydrogen-bond acceptors (Lipinski definition) is 5. The van der Waals surface area contributed by atoms with Gasteiger partial charge in [0.25, 0.3) is 0 Å². The highest BCUT2D eigenvalue weighted by Gasteiger charge is 2.13. The summed E-state index contributed by atoms with van der Waals surface area (Å²) < 4.78 is 16.8. The summed E-state index contributed by atoms with van der Waals surface area (Å²) >= 11 is 0. The molecule has 0 aliphatic carbocycles. The van der Waals surface area contributed by atoms with Gasteiger partial charge >= 0.3 is 0 Å². The zero-order valence-electron chi connectivity index (χ0n) is 13.6. The van der Waals surface area contributed by atoms with Gasteiger partial charge < -0.3 is 14.2 Å². The molecular weight excluding hydrogens is 304 g/mol. The molecule has 0 amide bonds. The molecule has 0 spiro atoms. The predicted octanol–water partition coefficient (Wildman–Crippen LogP) is 3.66. The number of ether oxygens (including phenoxy) is 3. The third-order valence-electron chi connectivity index (χ3n) is 3.56. The molecule has 1 heterocycles. The van der Waals surface area contributed by atoms with Crippen molar-refractivity contribution in [2.45, 2.75) is 19.1 Å². The Morgan fingerprint density at radius 3 is 2.75 bits per heavy atom. The molecule has 0 bridgehead atoms. The molecule has 3 rings (SSSR count). The summed E-state index contributed by atoms with van der Waals surface area (Å²) in [4.78, 5) is 0. The predicted molar refractivity (Wildman–Crippen MR) is 94.5 cm³/mol. The number of hydrazone groups is 1. The number of nitrogens with one attached hydrogen (secondary N) is 1. The molecule has 0 unspecified atom stereocenters. The highest BCUT2D eigenvalue weighted by atomic mass is 16.7. The van der Waals surface area contributed by atoms with Gasteiger partial charge in [-0.15, -0.1) is 0 Å². The van der Waals surface area contributed by atoms with Crippen LogP contribution in [0.15, 0.2) is 59.7 Å². The maximum absolute atomic E-state index is 5.77. The van der Waals surface area contributed by atoms with Crippen LogP contribution in [-0.2, 0) is 9.47 Å². The quantitative estimate of drug-likeness (QED) is 0.623. The SMILES string of the molecule is C(=NNc1ccccc1)c1cccc(OCCC2OCCCO2)c1. The molecule has 0 saturated carbocycles. The maximum Gasteiger partial charge on any atom is 0.160 e. The van der Waals surface area contributed by atoms with E-state index in [1.54, 1.807) is 6.21 Å². The minimum absolute atomic E-state index is 0.140. The van der Waals surface area contributed by atoms with Gasteiger partial charge in [0.2, 0.25) is 0 Å². The summed E-state index contributed by atoms with van der Waals surface area (Å²) in [5, 5.41) is 4.24. The average Bonchev–Trinajstić information content (AvgIpc) is 2.64. The Labute approximate surface area is 142 Å². The zero-order valence-corrected chi connectivity index (χ0v) is 13.6. The summed E-state index contributed by atoms with van der Waals surface area (Å²) in [6, 6.07) is 17.7. The first-order valence-electron chi connectivity index (χ1n) is 8.20. The van der Waals surface area contributed by atoms with Crippen LogP contribution in [0, 0.1) is 0 Å². The normalized spacial score (nSPS) is 15.5. The second-order valence-corrected chi connectivity index (χ2v) is 5.47. The van der Waals surface area contributed by atoms with E-state index in [1.807, 2.05) is 54.6 Å². The third-order valence-corrected chi connectivity index (χ3v) is 3.56. The smallest absolute Gasteiger partial charge is 0.160 e. The van der Waals surface area contributed by atoms with Gasteiger partial charge in [-0.25, -0.2) is 0 Å². The first-order valence-corrected chi connectivity index (χ1v) is 8.20. The first kappa shape index (κ1) is 16.5. The Bertz CT molecular complexity index is 640. The molecule has 5 heteroatoms. The number of anilines is 1. The highest BCUT2D eigenvalue weighted by molar-refractivity contribution is 5.80. The van der Waals surface area contributed by atoms with Crippen molar-refractivity contribution in [1.82, 2.24) is 0 Å². The maximum atomic E-state index is 5.77. The molecule has 126 valence electrons. The average molecular weight is 326 g/mol. The first-order chi connectivity index (χ1) is 11.9. The van der Waals surface area contributed by atoms with Gasteiger partial charge in [-0.2, -0.15) is 5.10 Å². The molecule has 1 aliphatic heterocycles. The fourth-order valence-corrected chi connectivity index (χ4v) is 2.35. The van der Waals surface area contributed by atoms with Crippen molar-refractivity contribution in [1.29, 1.82) is 0 Å². The number of para-hydroxylation sites is 1. The lowest BCUT2D eigenvalue weighted by atomic mass is 10.2. The van der Waals surface area contributed by atoms with Crippen LogP contribution in [-0.4, -0.2) is 32.3 Å². The Kier molecular flexibility index (Phi) is 6.22. The molecule has 1 saturated heterocycles. The van der Waals surface area contributed by atoms with E-state index >= 15 is 0 Å². The van der Waals surface area contributed by atoms with E-state index in [1.165, 1.54) is 0 Å². The fourth-order valence-electron chi connectivity index (χ4n) is 2.35. The Morgan fingerprint density at radius 1 is 1.08 bits per heavy atom. The van der Waals surface area contributed by atoms with Crippen LogP contribution in [0.4, 0.5) is 5.69 Å². The van der Waals surface area contributed by atoms with Crippen LogP contribution in [0.3, 0.4) is 0 Å². The van der Waals surface area contributed by atoms with E-state index in [-0.39, 0.29) is 6.29 Å². The van der Waals surface area contributed by atoms with Crippen molar-refractivity contribution in [2.75, 3.05) is 25.2 Å². The second kappa shape index (κ2) is 9.05. The van der Waals surface area contributed by atoms with Crippen LogP contribution in [0.5, 0.6) is 5.75 Å². The fraction of sp³-hybridized carbons (Fsp3) is 0.316. The number of nitrogens with zero attached hydrogens (tertiary/aromatic N) is 1. The van der Waals surface area contributed by atoms with E-state index in [4.69, 9.17) is 14.2 Å². The molecule has 0 atom stereocenters. The molecule has 2 aromatic carbocycles. The van der Waals surface area contributed by atoms with Crippen molar-refractivity contribution in [3.63, 3.8) is 0 Å². The third kappa shape index (κ3) is 5.37. The molecule has 1 fully saturated rings. The van der Waals surface area contributed by atoms with Crippen LogP contribution in [0.2, 0.25) is 0 Å². The van der Waals surface area contributed by atoms with Crippen LogP contribution in [0.25, 0.3) is 0 Å². The van der Waals surface area contributed by atoms with Gasteiger partial charge in [0, 0.05) is 6.42 Å². The second-order valence-electron chi connectivity index (χ2n) is 5.47. The highest BCUT2D eigenvalue weighted by Crippen LogP contribution is 2.14.